The van der Waals surface area contributed by atoms with E-state index in [2.05, 4.69) is 10.6 Å². The molecule has 0 radical (unpaired) electrons. The van der Waals surface area contributed by atoms with Gasteiger partial charge >= 0.3 is 0 Å². The minimum atomic E-state index is 0.778. The van der Waals surface area contributed by atoms with Crippen molar-refractivity contribution in [2.24, 2.45) is 0 Å². The van der Waals surface area contributed by atoms with Gasteiger partial charge in [-0.25, -0.2) is 0 Å². The molecule has 0 unspecified atom stereocenters. The summed E-state index contributed by atoms with van der Waals surface area (Å²) in [6.45, 7) is 0. The van der Waals surface area contributed by atoms with E-state index in [0.29, 0.717) is 0 Å². The first kappa shape index (κ1) is 13.1. The molecule has 0 spiro atoms. The van der Waals surface area contributed by atoms with Crippen molar-refractivity contribution in [3.05, 3.63) is 83.6 Å². The number of para-hydroxylation sites is 2. The Balaban J connectivity index is 1.71. The van der Waals surface area contributed by atoms with E-state index in [0.717, 1.165) is 22.2 Å². The molecule has 0 saturated carbocycles. The average Bonchev–Trinajstić information content (AvgIpc) is 3.01. The van der Waals surface area contributed by atoms with Crippen molar-refractivity contribution < 1.29 is 4.42 Å². The van der Waals surface area contributed by atoms with Gasteiger partial charge in [0, 0.05) is 23.8 Å². The Hall–Kier alpha value is -2.94. The third kappa shape index (κ3) is 3.76. The van der Waals surface area contributed by atoms with Crippen LogP contribution in [0, 0.1) is 0 Å². The van der Waals surface area contributed by atoms with Crippen molar-refractivity contribution in [3.63, 3.8) is 0 Å². The summed E-state index contributed by atoms with van der Waals surface area (Å²) in [6.07, 6.45) is 3.68. The molecule has 0 aliphatic heterocycles. The molecule has 0 aliphatic rings. The highest BCUT2D eigenvalue weighted by atomic mass is 16.3. The van der Waals surface area contributed by atoms with E-state index in [1.807, 2.05) is 85.2 Å². The smallest absolute Gasteiger partial charge is 0.143 e. The molecule has 1 heterocycles. The molecule has 0 fully saturated rings. The molecule has 3 nitrogen and oxygen atoms in total. The van der Waals surface area contributed by atoms with E-state index < -0.39 is 0 Å². The van der Waals surface area contributed by atoms with Crippen LogP contribution in [0.1, 0.15) is 0 Å². The van der Waals surface area contributed by atoms with E-state index >= 15 is 0 Å². The zero-order chi connectivity index (χ0) is 14.3. The molecule has 0 atom stereocenters. The Morgan fingerprint density at radius 3 is 1.43 bits per heavy atom. The molecule has 21 heavy (non-hydrogen) atoms. The SMILES string of the molecule is C(Nc1ccccc1)=c1ccc(=CNc2ccccc2)o1. The minimum absolute atomic E-state index is 0.778. The highest BCUT2D eigenvalue weighted by Crippen LogP contribution is 2.04. The van der Waals surface area contributed by atoms with E-state index in [1.165, 1.54) is 0 Å². The Kier molecular flexibility index (Phi) is 4.03. The molecule has 3 heteroatoms. The van der Waals surface area contributed by atoms with Gasteiger partial charge in [0.05, 0.1) is 0 Å². The minimum Gasteiger partial charge on any atom is -0.454 e. The second kappa shape index (κ2) is 6.48. The summed E-state index contributed by atoms with van der Waals surface area (Å²) in [5.41, 5.74) is 3.61. The standard InChI is InChI=1S/C18H16N2O/c1-3-7-15(8-4-1)19-13-17-11-12-18(21-17)14-20-16-9-5-2-6-10-16/h1-14,19-20H. The van der Waals surface area contributed by atoms with Gasteiger partial charge in [0.2, 0.25) is 0 Å². The fourth-order valence-electron chi connectivity index (χ4n) is 1.90. The van der Waals surface area contributed by atoms with Gasteiger partial charge < -0.3 is 15.1 Å². The van der Waals surface area contributed by atoms with Gasteiger partial charge in [-0.15, -0.1) is 0 Å². The first-order valence-electron chi connectivity index (χ1n) is 6.79. The summed E-state index contributed by atoms with van der Waals surface area (Å²) in [6, 6.07) is 23.8. The molecule has 0 aliphatic carbocycles. The van der Waals surface area contributed by atoms with Crippen LogP contribution in [0.3, 0.4) is 0 Å². The Labute approximate surface area is 123 Å². The molecule has 0 bridgehead atoms. The molecule has 0 amide bonds. The average molecular weight is 276 g/mol. The highest BCUT2D eigenvalue weighted by Gasteiger charge is 1.89. The first-order valence-corrected chi connectivity index (χ1v) is 6.79. The van der Waals surface area contributed by atoms with Crippen LogP contribution in [-0.2, 0) is 0 Å². The maximum atomic E-state index is 5.69. The lowest BCUT2D eigenvalue weighted by atomic mass is 10.3. The Morgan fingerprint density at radius 2 is 1.00 bits per heavy atom. The third-order valence-electron chi connectivity index (χ3n) is 2.96. The zero-order valence-corrected chi connectivity index (χ0v) is 11.5. The molecule has 3 aromatic rings. The molecule has 104 valence electrons. The number of furan rings is 1. The topological polar surface area (TPSA) is 37.2 Å². The summed E-state index contributed by atoms with van der Waals surface area (Å²) in [5.74, 6) is 0. The van der Waals surface area contributed by atoms with E-state index in [1.54, 1.807) is 0 Å². The number of rotatable bonds is 4. The zero-order valence-electron chi connectivity index (χ0n) is 11.5. The number of anilines is 2. The summed E-state index contributed by atoms with van der Waals surface area (Å²) in [7, 11) is 0. The second-order valence-corrected chi connectivity index (χ2v) is 4.55. The predicted octanol–water partition coefficient (Wildman–Crippen LogP) is 2.98. The van der Waals surface area contributed by atoms with Gasteiger partial charge in [0.1, 0.15) is 10.8 Å². The quantitative estimate of drug-likeness (QED) is 0.769. The maximum absolute atomic E-state index is 5.69. The molecule has 0 saturated heterocycles. The van der Waals surface area contributed by atoms with Crippen molar-refractivity contribution in [3.8, 4) is 0 Å². The summed E-state index contributed by atoms with van der Waals surface area (Å²) < 4.78 is 5.69. The summed E-state index contributed by atoms with van der Waals surface area (Å²) in [4.78, 5) is 0. The van der Waals surface area contributed by atoms with Crippen LogP contribution in [0.5, 0.6) is 0 Å². The number of hydrogen-bond donors (Lipinski definition) is 2. The largest absolute Gasteiger partial charge is 0.454 e. The van der Waals surface area contributed by atoms with Crippen LogP contribution in [0.4, 0.5) is 11.4 Å². The van der Waals surface area contributed by atoms with Gasteiger partial charge in [-0.3, -0.25) is 0 Å². The molecule has 2 aromatic carbocycles. The van der Waals surface area contributed by atoms with Crippen molar-refractivity contribution in [2.45, 2.75) is 0 Å². The lowest BCUT2D eigenvalue weighted by Gasteiger charge is -1.97. The van der Waals surface area contributed by atoms with Crippen molar-refractivity contribution in [2.75, 3.05) is 10.6 Å². The second-order valence-electron chi connectivity index (χ2n) is 4.55. The number of hydrogen-bond acceptors (Lipinski definition) is 3. The van der Waals surface area contributed by atoms with E-state index in [-0.39, 0.29) is 0 Å². The van der Waals surface area contributed by atoms with Crippen molar-refractivity contribution in [1.29, 1.82) is 0 Å². The highest BCUT2D eigenvalue weighted by molar-refractivity contribution is 5.54. The van der Waals surface area contributed by atoms with Crippen LogP contribution in [0.25, 0.3) is 12.4 Å². The maximum Gasteiger partial charge on any atom is 0.143 e. The van der Waals surface area contributed by atoms with Gasteiger partial charge in [-0.05, 0) is 36.4 Å². The normalized spacial score (nSPS) is 12.4. The lowest BCUT2D eigenvalue weighted by molar-refractivity contribution is 0.501. The summed E-state index contributed by atoms with van der Waals surface area (Å²) >= 11 is 0. The fourth-order valence-corrected chi connectivity index (χ4v) is 1.90. The molecule has 2 N–H and O–H groups in total. The molecular formula is C18H16N2O. The van der Waals surface area contributed by atoms with Gasteiger partial charge in [0.25, 0.3) is 0 Å². The third-order valence-corrected chi connectivity index (χ3v) is 2.96. The van der Waals surface area contributed by atoms with Crippen LogP contribution < -0.4 is 21.5 Å². The van der Waals surface area contributed by atoms with Crippen LogP contribution in [0.2, 0.25) is 0 Å². The summed E-state index contributed by atoms with van der Waals surface area (Å²) in [5, 5.41) is 6.39. The van der Waals surface area contributed by atoms with Crippen molar-refractivity contribution in [1.82, 2.24) is 0 Å². The Bertz CT molecular complexity index is 724. The van der Waals surface area contributed by atoms with Crippen LogP contribution >= 0.6 is 0 Å². The fraction of sp³-hybridized carbons (Fsp3) is 0. The van der Waals surface area contributed by atoms with Gasteiger partial charge in [-0.2, -0.15) is 0 Å². The van der Waals surface area contributed by atoms with Gasteiger partial charge in [0.15, 0.2) is 0 Å². The molecular weight excluding hydrogens is 260 g/mol. The first-order chi connectivity index (χ1) is 10.4. The van der Waals surface area contributed by atoms with Crippen LogP contribution in [-0.4, -0.2) is 0 Å². The van der Waals surface area contributed by atoms with Crippen molar-refractivity contribution >= 4 is 23.8 Å². The number of nitrogens with one attached hydrogen (secondary N) is 2. The monoisotopic (exact) mass is 276 g/mol. The van der Waals surface area contributed by atoms with E-state index in [4.69, 9.17) is 4.42 Å². The van der Waals surface area contributed by atoms with E-state index in [9.17, 15) is 0 Å². The molecule has 1 aromatic heterocycles. The van der Waals surface area contributed by atoms with Gasteiger partial charge in [-0.1, -0.05) is 36.4 Å². The predicted molar refractivity (Wildman–Crippen MR) is 87.0 cm³/mol. The van der Waals surface area contributed by atoms with Crippen LogP contribution in [0.15, 0.2) is 77.2 Å². The molecule has 3 rings (SSSR count). The lowest BCUT2D eigenvalue weighted by Crippen LogP contribution is -2.04. The Morgan fingerprint density at radius 1 is 0.571 bits per heavy atom. The number of benzene rings is 2.